The summed E-state index contributed by atoms with van der Waals surface area (Å²) in [4.78, 5) is 0. The molecule has 0 aliphatic heterocycles. The SMILES string of the molecule is CCCCCC/C(I)=C/CC(F)(F)F. The Hall–Kier alpha value is 0.260. The first-order chi connectivity index (χ1) is 6.45. The summed E-state index contributed by atoms with van der Waals surface area (Å²) in [5.41, 5.74) is 0. The second-order valence-corrected chi connectivity index (χ2v) is 4.67. The summed E-state index contributed by atoms with van der Waals surface area (Å²) in [6, 6.07) is 0. The third kappa shape index (κ3) is 10.3. The monoisotopic (exact) mass is 320 g/mol. The van der Waals surface area contributed by atoms with E-state index in [1.165, 1.54) is 12.5 Å². The fourth-order valence-corrected chi connectivity index (χ4v) is 1.65. The fourth-order valence-electron chi connectivity index (χ4n) is 1.05. The predicted octanol–water partition coefficient (Wildman–Crippen LogP) is 5.23. The lowest BCUT2D eigenvalue weighted by Crippen LogP contribution is -2.04. The van der Waals surface area contributed by atoms with Crippen LogP contribution in [-0.4, -0.2) is 6.18 Å². The zero-order valence-corrected chi connectivity index (χ0v) is 10.5. The van der Waals surface area contributed by atoms with Crippen molar-refractivity contribution < 1.29 is 13.2 Å². The van der Waals surface area contributed by atoms with Gasteiger partial charge in [-0.3, -0.25) is 0 Å². The number of alkyl halides is 3. The molecule has 84 valence electrons. The van der Waals surface area contributed by atoms with Crippen LogP contribution in [0.25, 0.3) is 0 Å². The van der Waals surface area contributed by atoms with Gasteiger partial charge in [0.1, 0.15) is 0 Å². The van der Waals surface area contributed by atoms with E-state index in [0.717, 1.165) is 29.3 Å². The van der Waals surface area contributed by atoms with E-state index in [9.17, 15) is 13.2 Å². The first kappa shape index (κ1) is 14.3. The van der Waals surface area contributed by atoms with Crippen molar-refractivity contribution in [2.24, 2.45) is 0 Å². The topological polar surface area (TPSA) is 0 Å². The first-order valence-electron chi connectivity index (χ1n) is 4.87. The Morgan fingerprint density at radius 1 is 1.21 bits per heavy atom. The number of unbranched alkanes of at least 4 members (excludes halogenated alkanes) is 3. The summed E-state index contributed by atoms with van der Waals surface area (Å²) in [6.07, 6.45) is 1.66. The molecule has 0 rings (SSSR count). The molecule has 0 aliphatic carbocycles. The second-order valence-electron chi connectivity index (χ2n) is 3.28. The number of rotatable bonds is 6. The molecule has 0 saturated carbocycles. The molecule has 0 nitrogen and oxygen atoms in total. The second kappa shape index (κ2) is 7.54. The van der Waals surface area contributed by atoms with Crippen LogP contribution in [0.5, 0.6) is 0 Å². The highest BCUT2D eigenvalue weighted by Gasteiger charge is 2.24. The summed E-state index contributed by atoms with van der Waals surface area (Å²) in [5, 5.41) is 0. The lowest BCUT2D eigenvalue weighted by Gasteiger charge is -2.03. The van der Waals surface area contributed by atoms with Gasteiger partial charge in [0.25, 0.3) is 0 Å². The average molecular weight is 320 g/mol. The zero-order valence-electron chi connectivity index (χ0n) is 8.33. The van der Waals surface area contributed by atoms with Gasteiger partial charge < -0.3 is 0 Å². The number of hydrogen-bond donors (Lipinski definition) is 0. The Labute approximate surface area is 97.1 Å². The van der Waals surface area contributed by atoms with E-state index in [1.807, 2.05) is 22.6 Å². The van der Waals surface area contributed by atoms with Crippen molar-refractivity contribution in [3.8, 4) is 0 Å². The smallest absolute Gasteiger partial charge is 0.171 e. The van der Waals surface area contributed by atoms with Crippen molar-refractivity contribution in [2.45, 2.75) is 51.6 Å². The molecule has 0 heterocycles. The molecule has 0 N–H and O–H groups in total. The van der Waals surface area contributed by atoms with Crippen LogP contribution in [-0.2, 0) is 0 Å². The van der Waals surface area contributed by atoms with Crippen molar-refractivity contribution >= 4 is 22.6 Å². The highest BCUT2D eigenvalue weighted by atomic mass is 127. The molecule has 0 saturated heterocycles. The van der Waals surface area contributed by atoms with E-state index in [1.54, 1.807) is 0 Å². The molecule has 0 spiro atoms. The van der Waals surface area contributed by atoms with Gasteiger partial charge in [0.05, 0.1) is 6.42 Å². The van der Waals surface area contributed by atoms with Crippen LogP contribution in [0.4, 0.5) is 13.2 Å². The van der Waals surface area contributed by atoms with Gasteiger partial charge in [0, 0.05) is 0 Å². The Morgan fingerprint density at radius 2 is 1.86 bits per heavy atom. The highest BCUT2D eigenvalue weighted by molar-refractivity contribution is 14.1. The third-order valence-corrected chi connectivity index (χ3v) is 2.80. The normalized spacial score (nSPS) is 13.4. The molecule has 0 aromatic rings. The van der Waals surface area contributed by atoms with E-state index in [2.05, 4.69) is 6.92 Å². The van der Waals surface area contributed by atoms with Gasteiger partial charge in [-0.05, 0) is 39.0 Å². The van der Waals surface area contributed by atoms with Crippen molar-refractivity contribution in [3.63, 3.8) is 0 Å². The number of halogens is 4. The molecule has 0 atom stereocenters. The molecular weight excluding hydrogens is 304 g/mol. The van der Waals surface area contributed by atoms with Gasteiger partial charge in [0.15, 0.2) is 0 Å². The standard InChI is InChI=1S/C10H16F3I/c1-2-3-4-5-6-9(14)7-8-10(11,12)13/h7H,2-6,8H2,1H3/b9-7-. The molecule has 4 heteroatoms. The van der Waals surface area contributed by atoms with Crippen LogP contribution in [0.15, 0.2) is 9.66 Å². The molecule has 0 radical (unpaired) electrons. The Kier molecular flexibility index (Phi) is 7.68. The van der Waals surface area contributed by atoms with Gasteiger partial charge in [-0.25, -0.2) is 0 Å². The van der Waals surface area contributed by atoms with Crippen LogP contribution >= 0.6 is 22.6 Å². The van der Waals surface area contributed by atoms with Gasteiger partial charge in [-0.1, -0.05) is 32.3 Å². The molecule has 0 aromatic carbocycles. The van der Waals surface area contributed by atoms with Gasteiger partial charge in [-0.15, -0.1) is 0 Å². The lowest BCUT2D eigenvalue weighted by atomic mass is 10.1. The van der Waals surface area contributed by atoms with Crippen molar-refractivity contribution in [1.29, 1.82) is 0 Å². The van der Waals surface area contributed by atoms with Crippen LogP contribution in [0.3, 0.4) is 0 Å². The molecule has 0 amide bonds. The maximum Gasteiger partial charge on any atom is 0.392 e. The Bertz CT molecular complexity index is 173. The molecule has 0 bridgehead atoms. The summed E-state index contributed by atoms with van der Waals surface area (Å²) in [7, 11) is 0. The largest absolute Gasteiger partial charge is 0.392 e. The Balaban J connectivity index is 3.57. The van der Waals surface area contributed by atoms with E-state index in [-0.39, 0.29) is 0 Å². The maximum absolute atomic E-state index is 11.8. The van der Waals surface area contributed by atoms with Crippen LogP contribution in [0.1, 0.15) is 45.4 Å². The molecular formula is C10H16F3I. The predicted molar refractivity (Wildman–Crippen MR) is 61.5 cm³/mol. The quantitative estimate of drug-likeness (QED) is 0.464. The Morgan fingerprint density at radius 3 is 2.36 bits per heavy atom. The minimum absolute atomic E-state index is 0.788. The van der Waals surface area contributed by atoms with Crippen LogP contribution in [0, 0.1) is 0 Å². The lowest BCUT2D eigenvalue weighted by molar-refractivity contribution is -0.125. The first-order valence-corrected chi connectivity index (χ1v) is 5.95. The van der Waals surface area contributed by atoms with Crippen LogP contribution in [0.2, 0.25) is 0 Å². The highest BCUT2D eigenvalue weighted by Crippen LogP contribution is 2.24. The average Bonchev–Trinajstić information content (AvgIpc) is 2.08. The summed E-state index contributed by atoms with van der Waals surface area (Å²) in [5.74, 6) is 0. The summed E-state index contributed by atoms with van der Waals surface area (Å²) in [6.45, 7) is 2.12. The fraction of sp³-hybridized carbons (Fsp3) is 0.800. The van der Waals surface area contributed by atoms with E-state index >= 15 is 0 Å². The van der Waals surface area contributed by atoms with Crippen molar-refractivity contribution in [1.82, 2.24) is 0 Å². The van der Waals surface area contributed by atoms with Gasteiger partial charge >= 0.3 is 6.18 Å². The van der Waals surface area contributed by atoms with Crippen molar-refractivity contribution in [2.75, 3.05) is 0 Å². The number of hydrogen-bond acceptors (Lipinski definition) is 0. The molecule has 0 fully saturated rings. The zero-order chi connectivity index (χ0) is 11.0. The van der Waals surface area contributed by atoms with Crippen LogP contribution < -0.4 is 0 Å². The molecule has 14 heavy (non-hydrogen) atoms. The summed E-state index contributed by atoms with van der Waals surface area (Å²) >= 11 is 1.99. The van der Waals surface area contributed by atoms with E-state index in [0.29, 0.717) is 0 Å². The maximum atomic E-state index is 11.8. The van der Waals surface area contributed by atoms with Gasteiger partial charge in [-0.2, -0.15) is 13.2 Å². The molecule has 0 aliphatic rings. The van der Waals surface area contributed by atoms with Gasteiger partial charge in [0.2, 0.25) is 0 Å². The van der Waals surface area contributed by atoms with E-state index in [4.69, 9.17) is 0 Å². The minimum Gasteiger partial charge on any atom is -0.171 e. The minimum atomic E-state index is -4.06. The third-order valence-electron chi connectivity index (χ3n) is 1.82. The summed E-state index contributed by atoms with van der Waals surface area (Å²) < 4.78 is 36.3. The number of allylic oxidation sites excluding steroid dienone is 2. The van der Waals surface area contributed by atoms with Crippen molar-refractivity contribution in [3.05, 3.63) is 9.66 Å². The van der Waals surface area contributed by atoms with E-state index < -0.39 is 12.6 Å². The molecule has 0 aromatic heterocycles. The molecule has 0 unspecified atom stereocenters.